The zero-order valence-corrected chi connectivity index (χ0v) is 15.3. The molecule has 1 atom stereocenters. The molecule has 0 aliphatic carbocycles. The van der Waals surface area contributed by atoms with Gasteiger partial charge in [-0.05, 0) is 38.2 Å². The maximum absolute atomic E-state index is 12.9. The normalized spacial score (nSPS) is 25.0. The van der Waals surface area contributed by atoms with E-state index in [9.17, 15) is 8.42 Å². The first kappa shape index (κ1) is 17.9. The molecule has 2 saturated heterocycles. The second-order valence-electron chi connectivity index (χ2n) is 7.00. The third-order valence-electron chi connectivity index (χ3n) is 5.26. The van der Waals surface area contributed by atoms with Crippen molar-refractivity contribution in [2.45, 2.75) is 57.7 Å². The van der Waals surface area contributed by atoms with Crippen LogP contribution in [0.2, 0.25) is 0 Å². The van der Waals surface area contributed by atoms with Crippen molar-refractivity contribution in [2.75, 3.05) is 19.6 Å². The van der Waals surface area contributed by atoms with E-state index in [1.807, 2.05) is 25.1 Å². The van der Waals surface area contributed by atoms with Crippen molar-refractivity contribution < 1.29 is 8.42 Å². The van der Waals surface area contributed by atoms with Crippen molar-refractivity contribution in [1.82, 2.24) is 13.9 Å². The van der Waals surface area contributed by atoms with E-state index in [4.69, 9.17) is 0 Å². The first-order valence-corrected chi connectivity index (χ1v) is 10.5. The molecule has 2 fully saturated rings. The SMILES string of the molecule is C[C@@H]1CCCCN1S(=O)(=O)N1CCC(NCc2ccccc2)CC1. The number of hydrogen-bond acceptors (Lipinski definition) is 3. The Kier molecular flexibility index (Phi) is 5.92. The molecular weight excluding hydrogens is 322 g/mol. The van der Waals surface area contributed by atoms with Crippen molar-refractivity contribution in [1.29, 1.82) is 0 Å². The van der Waals surface area contributed by atoms with Crippen LogP contribution in [0.1, 0.15) is 44.6 Å². The molecule has 1 N–H and O–H groups in total. The van der Waals surface area contributed by atoms with E-state index in [2.05, 4.69) is 17.4 Å². The monoisotopic (exact) mass is 351 g/mol. The highest BCUT2D eigenvalue weighted by Crippen LogP contribution is 2.24. The predicted molar refractivity (Wildman–Crippen MR) is 96.8 cm³/mol. The molecule has 1 aromatic carbocycles. The number of nitrogens with one attached hydrogen (secondary N) is 1. The Balaban J connectivity index is 1.51. The topological polar surface area (TPSA) is 52.7 Å². The van der Waals surface area contributed by atoms with E-state index in [1.54, 1.807) is 8.61 Å². The molecule has 2 aliphatic rings. The van der Waals surface area contributed by atoms with Crippen molar-refractivity contribution in [3.05, 3.63) is 35.9 Å². The second kappa shape index (κ2) is 7.95. The largest absolute Gasteiger partial charge is 0.310 e. The molecule has 6 heteroatoms. The van der Waals surface area contributed by atoms with Crippen LogP contribution in [0.4, 0.5) is 0 Å². The van der Waals surface area contributed by atoms with Gasteiger partial charge in [0.05, 0.1) is 0 Å². The second-order valence-corrected chi connectivity index (χ2v) is 8.88. The minimum atomic E-state index is -3.29. The van der Waals surface area contributed by atoms with Crippen LogP contribution in [-0.4, -0.2) is 48.7 Å². The van der Waals surface area contributed by atoms with Gasteiger partial charge in [-0.1, -0.05) is 36.8 Å². The molecule has 0 spiro atoms. The van der Waals surface area contributed by atoms with E-state index in [1.165, 1.54) is 5.56 Å². The average molecular weight is 352 g/mol. The van der Waals surface area contributed by atoms with Gasteiger partial charge in [0.25, 0.3) is 10.2 Å². The summed E-state index contributed by atoms with van der Waals surface area (Å²) in [6.45, 7) is 4.80. The summed E-state index contributed by atoms with van der Waals surface area (Å²) in [5, 5.41) is 3.56. The fourth-order valence-corrected chi connectivity index (χ4v) is 5.60. The van der Waals surface area contributed by atoms with Gasteiger partial charge < -0.3 is 5.32 Å². The molecule has 0 saturated carbocycles. The van der Waals surface area contributed by atoms with Crippen molar-refractivity contribution >= 4 is 10.2 Å². The van der Waals surface area contributed by atoms with Gasteiger partial charge in [-0.3, -0.25) is 0 Å². The van der Waals surface area contributed by atoms with E-state index in [0.29, 0.717) is 25.7 Å². The first-order chi connectivity index (χ1) is 11.6. The number of benzene rings is 1. The molecule has 0 aromatic heterocycles. The van der Waals surface area contributed by atoms with Crippen molar-refractivity contribution in [2.24, 2.45) is 0 Å². The lowest BCUT2D eigenvalue weighted by atomic mass is 10.1. The van der Waals surface area contributed by atoms with Crippen LogP contribution < -0.4 is 5.32 Å². The zero-order chi connectivity index (χ0) is 17.0. The molecule has 5 nitrogen and oxygen atoms in total. The summed E-state index contributed by atoms with van der Waals surface area (Å²) in [5.74, 6) is 0. The Morgan fingerprint density at radius 3 is 2.42 bits per heavy atom. The van der Waals surface area contributed by atoms with Gasteiger partial charge in [-0.2, -0.15) is 17.0 Å². The number of nitrogens with zero attached hydrogens (tertiary/aromatic N) is 2. The molecule has 2 aliphatic heterocycles. The van der Waals surface area contributed by atoms with Crippen LogP contribution in [0, 0.1) is 0 Å². The van der Waals surface area contributed by atoms with Crippen LogP contribution in [0.15, 0.2) is 30.3 Å². The quantitative estimate of drug-likeness (QED) is 0.886. The molecule has 134 valence electrons. The first-order valence-electron chi connectivity index (χ1n) is 9.11. The van der Waals surface area contributed by atoms with Crippen molar-refractivity contribution in [3.8, 4) is 0 Å². The Bertz CT molecular complexity index is 612. The molecule has 0 unspecified atom stereocenters. The van der Waals surface area contributed by atoms with Gasteiger partial charge in [0.1, 0.15) is 0 Å². The van der Waals surface area contributed by atoms with Gasteiger partial charge in [-0.15, -0.1) is 0 Å². The standard InChI is InChI=1S/C18H29N3O2S/c1-16-7-5-6-12-21(16)24(22,23)20-13-10-18(11-14-20)19-15-17-8-3-2-4-9-17/h2-4,8-9,16,18-19H,5-7,10-15H2,1H3/t16-/m1/s1. The summed E-state index contributed by atoms with van der Waals surface area (Å²) in [5.41, 5.74) is 1.27. The number of rotatable bonds is 5. The number of hydrogen-bond donors (Lipinski definition) is 1. The maximum Gasteiger partial charge on any atom is 0.282 e. The number of piperidine rings is 2. The van der Waals surface area contributed by atoms with Crippen LogP contribution in [0.25, 0.3) is 0 Å². The molecule has 2 heterocycles. The Hall–Kier alpha value is -0.950. The fourth-order valence-electron chi connectivity index (χ4n) is 3.71. The molecule has 0 radical (unpaired) electrons. The summed E-state index contributed by atoms with van der Waals surface area (Å²) >= 11 is 0. The van der Waals surface area contributed by atoms with Crippen LogP contribution in [0.5, 0.6) is 0 Å². The Morgan fingerprint density at radius 2 is 1.75 bits per heavy atom. The summed E-state index contributed by atoms with van der Waals surface area (Å²) in [7, 11) is -3.29. The predicted octanol–water partition coefficient (Wildman–Crippen LogP) is 2.36. The molecular formula is C18H29N3O2S. The van der Waals surface area contributed by atoms with E-state index in [-0.39, 0.29) is 6.04 Å². The summed E-state index contributed by atoms with van der Waals surface area (Å²) in [4.78, 5) is 0. The van der Waals surface area contributed by atoms with Crippen LogP contribution in [-0.2, 0) is 16.8 Å². The molecule has 24 heavy (non-hydrogen) atoms. The zero-order valence-electron chi connectivity index (χ0n) is 14.5. The van der Waals surface area contributed by atoms with Crippen molar-refractivity contribution in [3.63, 3.8) is 0 Å². The summed E-state index contributed by atoms with van der Waals surface area (Å²) in [6, 6.07) is 10.9. The summed E-state index contributed by atoms with van der Waals surface area (Å²) in [6.07, 6.45) is 4.87. The highest BCUT2D eigenvalue weighted by molar-refractivity contribution is 7.86. The van der Waals surface area contributed by atoms with Gasteiger partial charge in [0.2, 0.25) is 0 Å². The lowest BCUT2D eigenvalue weighted by molar-refractivity contribution is 0.224. The van der Waals surface area contributed by atoms with Gasteiger partial charge >= 0.3 is 0 Å². The van der Waals surface area contributed by atoms with Crippen LogP contribution >= 0.6 is 0 Å². The molecule has 3 rings (SSSR count). The van der Waals surface area contributed by atoms with Gasteiger partial charge in [0.15, 0.2) is 0 Å². The summed E-state index contributed by atoms with van der Waals surface area (Å²) < 4.78 is 29.1. The molecule has 0 amide bonds. The van der Waals surface area contributed by atoms with Gasteiger partial charge in [-0.25, -0.2) is 0 Å². The highest BCUT2D eigenvalue weighted by atomic mass is 32.2. The lowest BCUT2D eigenvalue weighted by Gasteiger charge is -2.39. The minimum absolute atomic E-state index is 0.137. The fraction of sp³-hybridized carbons (Fsp3) is 0.667. The lowest BCUT2D eigenvalue weighted by Crippen LogP contribution is -2.53. The highest BCUT2D eigenvalue weighted by Gasteiger charge is 2.36. The average Bonchev–Trinajstić information content (AvgIpc) is 2.61. The van der Waals surface area contributed by atoms with E-state index >= 15 is 0 Å². The maximum atomic E-state index is 12.9. The Morgan fingerprint density at radius 1 is 1.04 bits per heavy atom. The van der Waals surface area contributed by atoms with Crippen LogP contribution in [0.3, 0.4) is 0 Å². The van der Waals surface area contributed by atoms with E-state index in [0.717, 1.165) is 38.6 Å². The Labute approximate surface area is 146 Å². The third-order valence-corrected chi connectivity index (χ3v) is 7.41. The van der Waals surface area contributed by atoms with Gasteiger partial charge in [0, 0.05) is 38.3 Å². The molecule has 1 aromatic rings. The van der Waals surface area contributed by atoms with E-state index < -0.39 is 10.2 Å². The smallest absolute Gasteiger partial charge is 0.282 e. The minimum Gasteiger partial charge on any atom is -0.310 e. The third kappa shape index (κ3) is 4.17. The molecule has 0 bridgehead atoms.